The van der Waals surface area contributed by atoms with Gasteiger partial charge in [-0.1, -0.05) is 56.2 Å². The summed E-state index contributed by atoms with van der Waals surface area (Å²) in [7, 11) is 0. The van der Waals surface area contributed by atoms with Crippen LogP contribution in [0.4, 0.5) is 0 Å². The third-order valence-electron chi connectivity index (χ3n) is 3.21. The zero-order valence-electron chi connectivity index (χ0n) is 13.6. The lowest BCUT2D eigenvalue weighted by atomic mass is 10.1. The van der Waals surface area contributed by atoms with E-state index in [1.54, 1.807) is 0 Å². The van der Waals surface area contributed by atoms with E-state index in [0.29, 0.717) is 6.42 Å². The molecule has 0 amide bonds. The Bertz CT molecular complexity index is 345. The predicted octanol–water partition coefficient (Wildman–Crippen LogP) is 5.13. The first kappa shape index (κ1) is 20.6. The summed E-state index contributed by atoms with van der Waals surface area (Å²) < 4.78 is 0. The molecule has 0 heterocycles. The van der Waals surface area contributed by atoms with Crippen LogP contribution in [0.5, 0.6) is 0 Å². The molecule has 0 aromatic carbocycles. The van der Waals surface area contributed by atoms with Crippen molar-refractivity contribution in [2.24, 2.45) is 0 Å². The van der Waals surface area contributed by atoms with Crippen LogP contribution < -0.4 is 0 Å². The van der Waals surface area contributed by atoms with E-state index >= 15 is 0 Å². The molecular weight excluding hydrogens is 280 g/mol. The Kier molecular flexibility index (Phi) is 15.0. The number of carbonyl (C=O) groups is 1. The van der Waals surface area contributed by atoms with Crippen molar-refractivity contribution in [3.05, 3.63) is 36.5 Å². The summed E-state index contributed by atoms with van der Waals surface area (Å²) >= 11 is 0. The van der Waals surface area contributed by atoms with Gasteiger partial charge in [-0.15, -0.1) is 0 Å². The summed E-state index contributed by atoms with van der Waals surface area (Å²) in [5.74, 6) is -0.721. The normalized spacial score (nSPS) is 13.5. The molecule has 0 rings (SSSR count). The Morgan fingerprint density at radius 3 is 2.45 bits per heavy atom. The maximum absolute atomic E-state index is 10.3. The fourth-order valence-corrected chi connectivity index (χ4v) is 1.96. The highest BCUT2D eigenvalue weighted by Crippen LogP contribution is 2.08. The van der Waals surface area contributed by atoms with Crippen LogP contribution in [0.3, 0.4) is 0 Å². The van der Waals surface area contributed by atoms with Crippen LogP contribution >= 0.6 is 0 Å². The highest BCUT2D eigenvalue weighted by atomic mass is 17.1. The average molecular weight is 310 g/mol. The molecule has 0 aliphatic heterocycles. The summed E-state index contributed by atoms with van der Waals surface area (Å²) in [6.45, 7) is 2.10. The van der Waals surface area contributed by atoms with E-state index in [4.69, 9.17) is 10.4 Å². The van der Waals surface area contributed by atoms with Crippen LogP contribution in [0.25, 0.3) is 0 Å². The highest BCUT2D eigenvalue weighted by Gasteiger charge is 2.00. The van der Waals surface area contributed by atoms with Gasteiger partial charge >= 0.3 is 5.97 Å². The van der Waals surface area contributed by atoms with Crippen molar-refractivity contribution in [1.82, 2.24) is 0 Å². The summed E-state index contributed by atoms with van der Waals surface area (Å²) in [5.41, 5.74) is 0. The molecule has 0 radical (unpaired) electrons. The summed E-state index contributed by atoms with van der Waals surface area (Å²) in [6, 6.07) is 0. The van der Waals surface area contributed by atoms with E-state index in [1.165, 1.54) is 0 Å². The highest BCUT2D eigenvalue weighted by molar-refractivity contribution is 5.66. The van der Waals surface area contributed by atoms with Crippen LogP contribution in [0, 0.1) is 0 Å². The van der Waals surface area contributed by atoms with E-state index in [-0.39, 0.29) is 12.5 Å². The second-order valence-corrected chi connectivity index (χ2v) is 5.24. The summed E-state index contributed by atoms with van der Waals surface area (Å²) in [4.78, 5) is 14.8. The molecule has 4 nitrogen and oxygen atoms in total. The van der Waals surface area contributed by atoms with E-state index in [0.717, 1.165) is 44.9 Å². The van der Waals surface area contributed by atoms with Crippen LogP contribution in [0.2, 0.25) is 0 Å². The SMILES string of the molecule is CC/C=C\C/C=C\C[C@H](/C=C/CCCCCCC(=O)O)OO. The van der Waals surface area contributed by atoms with Gasteiger partial charge in [-0.05, 0) is 38.5 Å². The van der Waals surface area contributed by atoms with Gasteiger partial charge in [0.05, 0.1) is 0 Å². The van der Waals surface area contributed by atoms with Crippen LogP contribution in [0.1, 0.15) is 64.7 Å². The van der Waals surface area contributed by atoms with Crippen LogP contribution in [0.15, 0.2) is 36.5 Å². The molecule has 0 spiro atoms. The van der Waals surface area contributed by atoms with Gasteiger partial charge in [0.2, 0.25) is 0 Å². The van der Waals surface area contributed by atoms with Gasteiger partial charge in [0.15, 0.2) is 0 Å². The Hall–Kier alpha value is -1.39. The number of carboxylic acids is 1. The fourth-order valence-electron chi connectivity index (χ4n) is 1.96. The lowest BCUT2D eigenvalue weighted by Gasteiger charge is -2.05. The number of hydrogen-bond donors (Lipinski definition) is 2. The van der Waals surface area contributed by atoms with Crippen molar-refractivity contribution >= 4 is 5.97 Å². The number of aliphatic carboxylic acids is 1. The molecule has 0 saturated heterocycles. The molecule has 0 aromatic heterocycles. The summed E-state index contributed by atoms with van der Waals surface area (Å²) in [5, 5.41) is 17.4. The minimum Gasteiger partial charge on any atom is -0.481 e. The quantitative estimate of drug-likeness (QED) is 0.202. The first-order chi connectivity index (χ1) is 10.7. The van der Waals surface area contributed by atoms with Gasteiger partial charge in [-0.2, -0.15) is 0 Å². The van der Waals surface area contributed by atoms with Crippen molar-refractivity contribution in [2.75, 3.05) is 0 Å². The molecular formula is C18H30O4. The molecule has 0 saturated carbocycles. The van der Waals surface area contributed by atoms with Gasteiger partial charge < -0.3 is 5.11 Å². The molecule has 0 aliphatic carbocycles. The third kappa shape index (κ3) is 15.0. The maximum Gasteiger partial charge on any atom is 0.303 e. The van der Waals surface area contributed by atoms with Crippen LogP contribution in [-0.2, 0) is 9.68 Å². The monoisotopic (exact) mass is 310 g/mol. The molecule has 0 aliphatic rings. The smallest absolute Gasteiger partial charge is 0.303 e. The van der Waals surface area contributed by atoms with Crippen molar-refractivity contribution in [3.8, 4) is 0 Å². The maximum atomic E-state index is 10.3. The van der Waals surface area contributed by atoms with Gasteiger partial charge in [-0.25, -0.2) is 4.89 Å². The van der Waals surface area contributed by atoms with E-state index in [9.17, 15) is 4.79 Å². The zero-order chi connectivity index (χ0) is 16.5. The van der Waals surface area contributed by atoms with Crippen molar-refractivity contribution in [2.45, 2.75) is 70.8 Å². The van der Waals surface area contributed by atoms with Crippen molar-refractivity contribution in [1.29, 1.82) is 0 Å². The van der Waals surface area contributed by atoms with E-state index in [1.807, 2.05) is 18.2 Å². The largest absolute Gasteiger partial charge is 0.481 e. The topological polar surface area (TPSA) is 66.8 Å². The van der Waals surface area contributed by atoms with Gasteiger partial charge in [0.1, 0.15) is 6.10 Å². The lowest BCUT2D eigenvalue weighted by molar-refractivity contribution is -0.264. The lowest BCUT2D eigenvalue weighted by Crippen LogP contribution is -2.05. The Morgan fingerprint density at radius 1 is 1.05 bits per heavy atom. The molecule has 22 heavy (non-hydrogen) atoms. The van der Waals surface area contributed by atoms with Crippen molar-refractivity contribution in [3.63, 3.8) is 0 Å². The standard InChI is InChI=1S/C18H30O4/c1-2-3-4-5-8-11-14-17(22-21)15-12-9-6-7-10-13-16-18(19)20/h3-4,8,11-12,15,17,21H,2,5-7,9-10,13-14,16H2,1H3,(H,19,20)/b4-3-,11-8-,15-12+/t17-/m1/s1. The Morgan fingerprint density at radius 2 is 1.77 bits per heavy atom. The number of carboxylic acid groups (broad SMARTS) is 1. The van der Waals surface area contributed by atoms with E-state index in [2.05, 4.69) is 30.0 Å². The molecule has 0 bridgehead atoms. The first-order valence-corrected chi connectivity index (χ1v) is 8.19. The fraction of sp³-hybridized carbons (Fsp3) is 0.611. The molecule has 2 N–H and O–H groups in total. The second kappa shape index (κ2) is 16.0. The zero-order valence-corrected chi connectivity index (χ0v) is 13.6. The van der Waals surface area contributed by atoms with Crippen LogP contribution in [-0.4, -0.2) is 22.4 Å². The molecule has 4 heteroatoms. The Balaban J connectivity index is 3.65. The first-order valence-electron chi connectivity index (χ1n) is 8.19. The number of unbranched alkanes of at least 4 members (excludes halogenated alkanes) is 4. The van der Waals surface area contributed by atoms with Gasteiger partial charge in [-0.3, -0.25) is 10.1 Å². The summed E-state index contributed by atoms with van der Waals surface area (Å²) in [6.07, 6.45) is 19.5. The second-order valence-electron chi connectivity index (χ2n) is 5.24. The number of allylic oxidation sites excluding steroid dienone is 4. The molecule has 0 aromatic rings. The number of hydrogen-bond acceptors (Lipinski definition) is 3. The van der Waals surface area contributed by atoms with Gasteiger partial charge in [0.25, 0.3) is 0 Å². The average Bonchev–Trinajstić information content (AvgIpc) is 2.50. The molecule has 1 atom stereocenters. The predicted molar refractivity (Wildman–Crippen MR) is 89.8 cm³/mol. The minimum atomic E-state index is -0.721. The van der Waals surface area contributed by atoms with E-state index < -0.39 is 5.97 Å². The third-order valence-corrected chi connectivity index (χ3v) is 3.21. The number of rotatable bonds is 14. The molecule has 126 valence electrons. The molecule has 0 fully saturated rings. The molecule has 0 unspecified atom stereocenters. The van der Waals surface area contributed by atoms with Crippen molar-refractivity contribution < 1.29 is 20.0 Å². The minimum absolute atomic E-state index is 0.260. The Labute approximate surface area is 134 Å². The van der Waals surface area contributed by atoms with Gasteiger partial charge in [0, 0.05) is 6.42 Å².